The molecule has 3 amide bonds. The molecule has 1 aromatic heterocycles. The van der Waals surface area contributed by atoms with E-state index in [0.29, 0.717) is 45.6 Å². The molecule has 7 N–H and O–H groups in total. The van der Waals surface area contributed by atoms with Crippen molar-refractivity contribution in [3.8, 4) is 0 Å². The topological polar surface area (TPSA) is 155 Å². The van der Waals surface area contributed by atoms with E-state index in [2.05, 4.69) is 20.9 Å². The second-order valence-corrected chi connectivity index (χ2v) is 6.84. The van der Waals surface area contributed by atoms with Gasteiger partial charge in [-0.25, -0.2) is 4.98 Å². The van der Waals surface area contributed by atoms with E-state index in [1.807, 2.05) is 19.0 Å². The second kappa shape index (κ2) is 13.6. The van der Waals surface area contributed by atoms with Crippen molar-refractivity contribution < 1.29 is 14.4 Å². The van der Waals surface area contributed by atoms with Crippen molar-refractivity contribution in [3.05, 3.63) is 29.1 Å². The number of nitrogens with zero attached hydrogens (tertiary/aromatic N) is 2. The molecule has 0 radical (unpaired) electrons. The summed E-state index contributed by atoms with van der Waals surface area (Å²) in [5.41, 5.74) is 11.1. The molecule has 0 spiro atoms. The van der Waals surface area contributed by atoms with Crippen molar-refractivity contribution in [2.24, 2.45) is 11.5 Å². The second-order valence-electron chi connectivity index (χ2n) is 6.84. The summed E-state index contributed by atoms with van der Waals surface area (Å²) in [4.78, 5) is 43.4. The molecule has 0 saturated heterocycles. The zero-order valence-electron chi connectivity index (χ0n) is 17.3. The number of hydrogen-bond acceptors (Lipinski definition) is 7. The third-order valence-electron chi connectivity index (χ3n) is 3.95. The van der Waals surface area contributed by atoms with Crippen LogP contribution >= 0.6 is 0 Å². The fraction of sp³-hybridized carbons (Fsp3) is 0.579. The predicted molar refractivity (Wildman–Crippen MR) is 112 cm³/mol. The van der Waals surface area contributed by atoms with Gasteiger partial charge in [0.05, 0.1) is 0 Å². The number of nitrogens with two attached hydrogens (primary N) is 2. The first-order chi connectivity index (χ1) is 13.9. The van der Waals surface area contributed by atoms with Crippen molar-refractivity contribution >= 4 is 17.7 Å². The number of rotatable bonds is 13. The zero-order valence-corrected chi connectivity index (χ0v) is 17.3. The van der Waals surface area contributed by atoms with Crippen LogP contribution in [0.4, 0.5) is 0 Å². The van der Waals surface area contributed by atoms with Crippen LogP contribution in [0.3, 0.4) is 0 Å². The van der Waals surface area contributed by atoms with Gasteiger partial charge in [-0.2, -0.15) is 0 Å². The molecule has 10 nitrogen and oxygen atoms in total. The maximum absolute atomic E-state index is 12.5. The molecule has 1 heterocycles. The predicted octanol–water partition coefficient (Wildman–Crippen LogP) is -1.08. The molecule has 0 atom stereocenters. The van der Waals surface area contributed by atoms with Crippen LogP contribution < -0.4 is 27.4 Å². The van der Waals surface area contributed by atoms with Gasteiger partial charge in [0.15, 0.2) is 0 Å². The lowest BCUT2D eigenvalue weighted by molar-refractivity contribution is 0.0944. The highest BCUT2D eigenvalue weighted by molar-refractivity contribution is 6.02. The van der Waals surface area contributed by atoms with E-state index in [4.69, 9.17) is 11.5 Å². The lowest BCUT2D eigenvalue weighted by atomic mass is 10.1. The highest BCUT2D eigenvalue weighted by Gasteiger charge is 2.17. The largest absolute Gasteiger partial charge is 0.352 e. The number of carbonyl (C=O) groups excluding carboxylic acids is 3. The summed E-state index contributed by atoms with van der Waals surface area (Å²) in [6.45, 7) is 2.97. The maximum atomic E-state index is 12.5. The zero-order chi connectivity index (χ0) is 21.6. The van der Waals surface area contributed by atoms with Crippen LogP contribution in [-0.2, 0) is 0 Å². The normalized spacial score (nSPS) is 10.7. The molecule has 0 aliphatic carbocycles. The van der Waals surface area contributed by atoms with Gasteiger partial charge in [0.2, 0.25) is 0 Å². The molecule has 0 aliphatic heterocycles. The number of hydrogen-bond donors (Lipinski definition) is 5. The Bertz CT molecular complexity index is 640. The fourth-order valence-electron chi connectivity index (χ4n) is 2.38. The van der Waals surface area contributed by atoms with Gasteiger partial charge < -0.3 is 32.3 Å². The summed E-state index contributed by atoms with van der Waals surface area (Å²) >= 11 is 0. The average molecular weight is 408 g/mol. The molecule has 0 fully saturated rings. The highest BCUT2D eigenvalue weighted by atomic mass is 16.2. The minimum atomic E-state index is -0.461. The van der Waals surface area contributed by atoms with E-state index in [9.17, 15) is 14.4 Å². The lowest BCUT2D eigenvalue weighted by Gasteiger charge is -2.12. The third kappa shape index (κ3) is 9.46. The lowest BCUT2D eigenvalue weighted by Crippen LogP contribution is -2.32. The van der Waals surface area contributed by atoms with Gasteiger partial charge in [0.1, 0.15) is 11.4 Å². The van der Waals surface area contributed by atoms with Crippen LogP contribution in [0.5, 0.6) is 0 Å². The first-order valence-corrected chi connectivity index (χ1v) is 9.80. The Hall–Kier alpha value is -2.56. The Labute approximate surface area is 171 Å². The van der Waals surface area contributed by atoms with Crippen LogP contribution in [0, 0.1) is 0 Å². The van der Waals surface area contributed by atoms with Crippen molar-refractivity contribution in [1.29, 1.82) is 0 Å². The van der Waals surface area contributed by atoms with Gasteiger partial charge in [-0.3, -0.25) is 14.4 Å². The summed E-state index contributed by atoms with van der Waals surface area (Å²) in [6.07, 6.45) is 2.01. The first kappa shape index (κ1) is 24.5. The molecule has 162 valence electrons. The smallest absolute Gasteiger partial charge is 0.269 e. The van der Waals surface area contributed by atoms with Gasteiger partial charge >= 0.3 is 0 Å². The summed E-state index contributed by atoms with van der Waals surface area (Å²) in [5.74, 6) is -1.29. The van der Waals surface area contributed by atoms with Crippen molar-refractivity contribution in [1.82, 2.24) is 25.8 Å². The highest BCUT2D eigenvalue weighted by Crippen LogP contribution is 2.08. The van der Waals surface area contributed by atoms with E-state index < -0.39 is 11.8 Å². The van der Waals surface area contributed by atoms with Crippen LogP contribution in [0.15, 0.2) is 12.1 Å². The Morgan fingerprint density at radius 3 is 1.72 bits per heavy atom. The molecule has 0 unspecified atom stereocenters. The van der Waals surface area contributed by atoms with E-state index in [-0.39, 0.29) is 22.9 Å². The maximum Gasteiger partial charge on any atom is 0.269 e. The van der Waals surface area contributed by atoms with Gasteiger partial charge in [0.25, 0.3) is 17.7 Å². The quantitative estimate of drug-likeness (QED) is 0.260. The van der Waals surface area contributed by atoms with Crippen molar-refractivity contribution in [3.63, 3.8) is 0 Å². The fourth-order valence-corrected chi connectivity index (χ4v) is 2.38. The average Bonchev–Trinajstić information content (AvgIpc) is 2.70. The van der Waals surface area contributed by atoms with Gasteiger partial charge in [-0.15, -0.1) is 0 Å². The molecule has 1 aromatic rings. The molecular formula is C19H33N7O3. The summed E-state index contributed by atoms with van der Waals surface area (Å²) < 4.78 is 0. The van der Waals surface area contributed by atoms with Crippen molar-refractivity contribution in [2.45, 2.75) is 19.3 Å². The molecule has 10 heteroatoms. The minimum Gasteiger partial charge on any atom is -0.352 e. The van der Waals surface area contributed by atoms with Gasteiger partial charge in [0, 0.05) is 25.2 Å². The Morgan fingerprint density at radius 1 is 0.828 bits per heavy atom. The molecule has 29 heavy (non-hydrogen) atoms. The van der Waals surface area contributed by atoms with E-state index >= 15 is 0 Å². The standard InChI is InChI=1S/C19H33N7O3/c1-26(2)11-5-10-22-17(27)14-12-15(18(28)23-8-3-6-20)25-16(13-14)19(29)24-9-4-7-21/h12-13H,3-11,20-21H2,1-2H3,(H,22,27)(H,23,28)(H,24,29). The molecular weight excluding hydrogens is 374 g/mol. The summed E-state index contributed by atoms with van der Waals surface area (Å²) in [5, 5.41) is 8.17. The van der Waals surface area contributed by atoms with Crippen molar-refractivity contribution in [2.75, 3.05) is 53.4 Å². The van der Waals surface area contributed by atoms with Crippen LogP contribution in [-0.4, -0.2) is 81.0 Å². The van der Waals surface area contributed by atoms with Gasteiger partial charge in [-0.05, 0) is 65.1 Å². The number of pyridine rings is 1. The third-order valence-corrected chi connectivity index (χ3v) is 3.95. The monoisotopic (exact) mass is 407 g/mol. The SMILES string of the molecule is CN(C)CCCNC(=O)c1cc(C(=O)NCCCN)nc(C(=O)NCCCN)c1. The van der Waals surface area contributed by atoms with E-state index in [1.165, 1.54) is 12.1 Å². The van der Waals surface area contributed by atoms with E-state index in [1.54, 1.807) is 0 Å². The van der Waals surface area contributed by atoms with Crippen LogP contribution in [0.2, 0.25) is 0 Å². The molecule has 0 bridgehead atoms. The molecule has 0 aromatic carbocycles. The van der Waals surface area contributed by atoms with Gasteiger partial charge in [-0.1, -0.05) is 0 Å². The number of aromatic nitrogens is 1. The molecule has 0 aliphatic rings. The van der Waals surface area contributed by atoms with E-state index in [0.717, 1.165) is 13.0 Å². The Kier molecular flexibility index (Phi) is 11.5. The van der Waals surface area contributed by atoms with Crippen LogP contribution in [0.25, 0.3) is 0 Å². The number of nitrogens with one attached hydrogen (secondary N) is 3. The minimum absolute atomic E-state index is 0.00642. The Morgan fingerprint density at radius 2 is 1.28 bits per heavy atom. The molecule has 1 rings (SSSR count). The first-order valence-electron chi connectivity index (χ1n) is 9.80. The summed E-state index contributed by atoms with van der Waals surface area (Å²) in [6, 6.07) is 2.77. The Balaban J connectivity index is 2.95. The molecule has 0 saturated carbocycles. The number of carbonyl (C=O) groups is 3. The summed E-state index contributed by atoms with van der Waals surface area (Å²) in [7, 11) is 3.91. The van der Waals surface area contributed by atoms with Crippen LogP contribution in [0.1, 0.15) is 50.6 Å². The number of amides is 3.